The first-order chi connectivity index (χ1) is 9.85. The van der Waals surface area contributed by atoms with E-state index in [1.165, 1.54) is 6.20 Å². The summed E-state index contributed by atoms with van der Waals surface area (Å²) in [5.41, 5.74) is 0.333. The summed E-state index contributed by atoms with van der Waals surface area (Å²) < 4.78 is 24.1. The molecule has 0 aliphatic carbocycles. The Morgan fingerprint density at radius 3 is 2.90 bits per heavy atom. The summed E-state index contributed by atoms with van der Waals surface area (Å²) in [5.74, 6) is -0.125. The van der Waals surface area contributed by atoms with E-state index < -0.39 is 10.2 Å². The average Bonchev–Trinajstić information content (AvgIpc) is 2.45. The minimum absolute atomic E-state index is 0.0494. The van der Waals surface area contributed by atoms with Crippen LogP contribution < -0.4 is 9.86 Å². The zero-order chi connectivity index (χ0) is 15.5. The first-order valence-electron chi connectivity index (χ1n) is 6.53. The second-order valence-corrected chi connectivity index (χ2v) is 6.83. The summed E-state index contributed by atoms with van der Waals surface area (Å²) in [6, 6.07) is 3.20. The standard InChI is InChI=1S/C12H17ClN4O3S/c13-10-3-4-11(15-7-10)12(18)17-5-1-2-9(8-17)6-16-21(14,19)20/h3-4,7,9,16H,1-2,5-6,8H2,(H2,14,19,20). The molecule has 1 unspecified atom stereocenters. The summed E-state index contributed by atoms with van der Waals surface area (Å²) in [5, 5.41) is 5.38. The van der Waals surface area contributed by atoms with Crippen molar-refractivity contribution in [3.63, 3.8) is 0 Å². The van der Waals surface area contributed by atoms with Gasteiger partial charge in [-0.25, -0.2) is 14.8 Å². The zero-order valence-electron chi connectivity index (χ0n) is 11.3. The number of likely N-dealkylation sites (tertiary alicyclic amines) is 1. The first-order valence-corrected chi connectivity index (χ1v) is 8.46. The molecule has 7 nitrogen and oxygen atoms in total. The van der Waals surface area contributed by atoms with Crippen LogP contribution in [-0.2, 0) is 10.2 Å². The van der Waals surface area contributed by atoms with Gasteiger partial charge in [0.1, 0.15) is 5.69 Å². The van der Waals surface area contributed by atoms with E-state index >= 15 is 0 Å². The predicted molar refractivity (Wildman–Crippen MR) is 79.0 cm³/mol. The lowest BCUT2D eigenvalue weighted by Gasteiger charge is -2.32. The number of nitrogens with zero attached hydrogens (tertiary/aromatic N) is 2. The van der Waals surface area contributed by atoms with Crippen LogP contribution in [0.5, 0.6) is 0 Å². The van der Waals surface area contributed by atoms with E-state index in [2.05, 4.69) is 9.71 Å². The molecule has 1 amide bonds. The van der Waals surface area contributed by atoms with Crippen LogP contribution in [0.3, 0.4) is 0 Å². The topological polar surface area (TPSA) is 105 Å². The molecule has 21 heavy (non-hydrogen) atoms. The van der Waals surface area contributed by atoms with Gasteiger partial charge >= 0.3 is 0 Å². The molecule has 2 heterocycles. The lowest BCUT2D eigenvalue weighted by atomic mass is 9.98. The maximum absolute atomic E-state index is 12.3. The molecule has 9 heteroatoms. The molecule has 0 aromatic carbocycles. The Morgan fingerprint density at radius 2 is 2.29 bits per heavy atom. The van der Waals surface area contributed by atoms with Gasteiger partial charge < -0.3 is 4.90 Å². The summed E-state index contributed by atoms with van der Waals surface area (Å²) in [6.45, 7) is 1.34. The van der Waals surface area contributed by atoms with Crippen molar-refractivity contribution in [2.75, 3.05) is 19.6 Å². The summed E-state index contributed by atoms with van der Waals surface area (Å²) in [6.07, 6.45) is 3.09. The highest BCUT2D eigenvalue weighted by Gasteiger charge is 2.25. The van der Waals surface area contributed by atoms with Crippen LogP contribution in [0.4, 0.5) is 0 Å². The number of hydrogen-bond acceptors (Lipinski definition) is 4. The molecule has 0 saturated carbocycles. The van der Waals surface area contributed by atoms with Crippen LogP contribution >= 0.6 is 11.6 Å². The molecule has 1 aromatic rings. The van der Waals surface area contributed by atoms with Gasteiger partial charge in [0.15, 0.2) is 0 Å². The van der Waals surface area contributed by atoms with Crippen LogP contribution in [0.2, 0.25) is 5.02 Å². The van der Waals surface area contributed by atoms with Crippen molar-refractivity contribution in [1.82, 2.24) is 14.6 Å². The average molecular weight is 333 g/mol. The number of nitrogens with one attached hydrogen (secondary N) is 1. The number of rotatable bonds is 4. The molecule has 2 rings (SSSR count). The molecule has 0 radical (unpaired) electrons. The molecule has 116 valence electrons. The maximum Gasteiger partial charge on any atom is 0.274 e. The SMILES string of the molecule is NS(=O)(=O)NCC1CCCN(C(=O)c2ccc(Cl)cn2)C1. The fourth-order valence-electron chi connectivity index (χ4n) is 2.31. The highest BCUT2D eigenvalue weighted by Crippen LogP contribution is 2.18. The zero-order valence-corrected chi connectivity index (χ0v) is 12.9. The molecule has 0 spiro atoms. The highest BCUT2D eigenvalue weighted by molar-refractivity contribution is 7.87. The van der Waals surface area contributed by atoms with Gasteiger partial charge in [-0.1, -0.05) is 11.6 Å². The number of carbonyl (C=O) groups is 1. The third-order valence-electron chi connectivity index (χ3n) is 3.33. The van der Waals surface area contributed by atoms with Gasteiger partial charge in [0.2, 0.25) is 0 Å². The minimum atomic E-state index is -3.70. The first kappa shape index (κ1) is 16.2. The largest absolute Gasteiger partial charge is 0.337 e. The number of pyridine rings is 1. The van der Waals surface area contributed by atoms with Crippen molar-refractivity contribution in [3.05, 3.63) is 29.0 Å². The predicted octanol–water partition coefficient (Wildman–Crippen LogP) is 0.380. The van der Waals surface area contributed by atoms with Gasteiger partial charge in [-0.15, -0.1) is 0 Å². The number of halogens is 1. The van der Waals surface area contributed by atoms with Crippen molar-refractivity contribution >= 4 is 27.7 Å². The van der Waals surface area contributed by atoms with E-state index in [0.717, 1.165) is 12.8 Å². The highest BCUT2D eigenvalue weighted by atomic mass is 35.5. The molecular formula is C12H17ClN4O3S. The van der Waals surface area contributed by atoms with Crippen molar-refractivity contribution in [1.29, 1.82) is 0 Å². The summed E-state index contributed by atoms with van der Waals surface area (Å²) >= 11 is 5.74. The van der Waals surface area contributed by atoms with E-state index in [1.54, 1.807) is 17.0 Å². The Morgan fingerprint density at radius 1 is 1.52 bits per heavy atom. The van der Waals surface area contributed by atoms with E-state index in [0.29, 0.717) is 23.8 Å². The van der Waals surface area contributed by atoms with Crippen LogP contribution in [0.25, 0.3) is 0 Å². The molecule has 1 fully saturated rings. The lowest BCUT2D eigenvalue weighted by molar-refractivity contribution is 0.0670. The summed E-state index contributed by atoms with van der Waals surface area (Å²) in [7, 11) is -3.70. The third-order valence-corrected chi connectivity index (χ3v) is 4.12. The van der Waals surface area contributed by atoms with Gasteiger partial charge in [-0.05, 0) is 30.9 Å². The van der Waals surface area contributed by atoms with Gasteiger partial charge in [0.05, 0.1) is 5.02 Å². The second kappa shape index (κ2) is 6.69. The molecule has 1 atom stereocenters. The van der Waals surface area contributed by atoms with Crippen molar-refractivity contribution in [3.8, 4) is 0 Å². The van der Waals surface area contributed by atoms with Crippen LogP contribution in [-0.4, -0.2) is 43.8 Å². The van der Waals surface area contributed by atoms with Crippen LogP contribution in [0, 0.1) is 5.92 Å². The third kappa shape index (κ3) is 4.92. The summed E-state index contributed by atoms with van der Waals surface area (Å²) in [4.78, 5) is 18.0. The number of nitrogens with two attached hydrogens (primary N) is 1. The second-order valence-electron chi connectivity index (χ2n) is 5.01. The van der Waals surface area contributed by atoms with Gasteiger partial charge in [0.25, 0.3) is 16.1 Å². The molecule has 1 aliphatic heterocycles. The van der Waals surface area contributed by atoms with Gasteiger partial charge in [0, 0.05) is 25.8 Å². The Balaban J connectivity index is 1.97. The molecular weight excluding hydrogens is 316 g/mol. The molecule has 1 aromatic heterocycles. The Bertz CT molecular complexity index is 605. The Hall–Kier alpha value is -1.22. The fraction of sp³-hybridized carbons (Fsp3) is 0.500. The normalized spacial score (nSPS) is 19.5. The number of carbonyl (C=O) groups excluding carboxylic acids is 1. The van der Waals surface area contributed by atoms with E-state index in [-0.39, 0.29) is 18.4 Å². The fourth-order valence-corrected chi connectivity index (χ4v) is 2.89. The van der Waals surface area contributed by atoms with E-state index in [1.807, 2.05) is 0 Å². The molecule has 1 aliphatic rings. The Kier molecular flexibility index (Phi) is 5.15. The van der Waals surface area contributed by atoms with Crippen LogP contribution in [0.1, 0.15) is 23.3 Å². The number of aromatic nitrogens is 1. The number of hydrogen-bond donors (Lipinski definition) is 2. The van der Waals surface area contributed by atoms with Crippen molar-refractivity contribution < 1.29 is 13.2 Å². The Labute approximate surface area is 128 Å². The lowest BCUT2D eigenvalue weighted by Crippen LogP contribution is -2.44. The van der Waals surface area contributed by atoms with Gasteiger partial charge in [-0.3, -0.25) is 4.79 Å². The van der Waals surface area contributed by atoms with E-state index in [9.17, 15) is 13.2 Å². The maximum atomic E-state index is 12.3. The quantitative estimate of drug-likeness (QED) is 0.831. The van der Waals surface area contributed by atoms with E-state index in [4.69, 9.17) is 16.7 Å². The number of piperidine rings is 1. The van der Waals surface area contributed by atoms with Crippen LogP contribution in [0.15, 0.2) is 18.3 Å². The molecule has 3 N–H and O–H groups in total. The number of amides is 1. The smallest absolute Gasteiger partial charge is 0.274 e. The van der Waals surface area contributed by atoms with Gasteiger partial charge in [-0.2, -0.15) is 8.42 Å². The molecule has 0 bridgehead atoms. The van der Waals surface area contributed by atoms with Crippen molar-refractivity contribution in [2.24, 2.45) is 11.1 Å². The minimum Gasteiger partial charge on any atom is -0.337 e. The molecule has 1 saturated heterocycles. The van der Waals surface area contributed by atoms with Crippen molar-refractivity contribution in [2.45, 2.75) is 12.8 Å². The monoisotopic (exact) mass is 332 g/mol.